The van der Waals surface area contributed by atoms with Crippen LogP contribution in [0.15, 0.2) is 36.9 Å². The highest BCUT2D eigenvalue weighted by Crippen LogP contribution is 2.04. The number of benzene rings is 1. The van der Waals surface area contributed by atoms with Gasteiger partial charge in [-0.25, -0.2) is 4.39 Å². The van der Waals surface area contributed by atoms with Crippen LogP contribution < -0.4 is 10.6 Å². The standard InChI is InChI=1S/C12H15FN2O/c1-2-7-15-12(16)9-14-8-10-5-3-4-6-11(10)13/h2-6,14H,1,7-9H2,(H,15,16). The van der Waals surface area contributed by atoms with Gasteiger partial charge in [-0.1, -0.05) is 24.3 Å². The summed E-state index contributed by atoms with van der Waals surface area (Å²) in [5.74, 6) is -0.391. The molecule has 0 saturated carbocycles. The molecule has 0 aliphatic rings. The van der Waals surface area contributed by atoms with Gasteiger partial charge in [0.2, 0.25) is 5.91 Å². The molecule has 0 aliphatic carbocycles. The fourth-order valence-corrected chi connectivity index (χ4v) is 1.20. The fourth-order valence-electron chi connectivity index (χ4n) is 1.20. The lowest BCUT2D eigenvalue weighted by Gasteiger charge is -2.05. The molecule has 3 nitrogen and oxygen atoms in total. The molecular weight excluding hydrogens is 207 g/mol. The van der Waals surface area contributed by atoms with Gasteiger partial charge in [0.1, 0.15) is 5.82 Å². The number of carbonyl (C=O) groups is 1. The van der Waals surface area contributed by atoms with Crippen molar-refractivity contribution in [1.29, 1.82) is 0 Å². The first-order chi connectivity index (χ1) is 7.74. The first-order valence-corrected chi connectivity index (χ1v) is 5.05. The summed E-state index contributed by atoms with van der Waals surface area (Å²) in [5, 5.41) is 5.48. The topological polar surface area (TPSA) is 41.1 Å². The van der Waals surface area contributed by atoms with E-state index in [1.807, 2.05) is 0 Å². The van der Waals surface area contributed by atoms with E-state index in [-0.39, 0.29) is 18.3 Å². The number of carbonyl (C=O) groups excluding carboxylic acids is 1. The van der Waals surface area contributed by atoms with Gasteiger partial charge in [0.15, 0.2) is 0 Å². The first-order valence-electron chi connectivity index (χ1n) is 5.05. The van der Waals surface area contributed by atoms with Gasteiger partial charge >= 0.3 is 0 Å². The quantitative estimate of drug-likeness (QED) is 0.710. The van der Waals surface area contributed by atoms with E-state index in [0.29, 0.717) is 18.7 Å². The molecule has 0 aliphatic heterocycles. The van der Waals surface area contributed by atoms with Gasteiger partial charge in [0.05, 0.1) is 6.54 Å². The second kappa shape index (κ2) is 6.74. The third-order valence-corrected chi connectivity index (χ3v) is 2.00. The van der Waals surface area contributed by atoms with Crippen molar-refractivity contribution in [3.05, 3.63) is 48.3 Å². The molecule has 0 unspecified atom stereocenters. The Morgan fingerprint density at radius 3 is 2.88 bits per heavy atom. The van der Waals surface area contributed by atoms with Crippen LogP contribution in [0.4, 0.5) is 4.39 Å². The number of hydrogen-bond acceptors (Lipinski definition) is 2. The van der Waals surface area contributed by atoms with Crippen molar-refractivity contribution in [2.45, 2.75) is 6.54 Å². The zero-order chi connectivity index (χ0) is 11.8. The van der Waals surface area contributed by atoms with E-state index in [1.54, 1.807) is 24.3 Å². The molecule has 86 valence electrons. The summed E-state index contributed by atoms with van der Waals surface area (Å²) in [6, 6.07) is 6.48. The Labute approximate surface area is 94.4 Å². The number of hydrogen-bond donors (Lipinski definition) is 2. The van der Waals surface area contributed by atoms with Crippen molar-refractivity contribution >= 4 is 5.91 Å². The number of halogens is 1. The highest BCUT2D eigenvalue weighted by Gasteiger charge is 2.02. The van der Waals surface area contributed by atoms with Crippen LogP contribution in [0.25, 0.3) is 0 Å². The van der Waals surface area contributed by atoms with Crippen LogP contribution >= 0.6 is 0 Å². The van der Waals surface area contributed by atoms with Crippen LogP contribution in [0.3, 0.4) is 0 Å². The van der Waals surface area contributed by atoms with Crippen molar-refractivity contribution in [2.75, 3.05) is 13.1 Å². The second-order valence-electron chi connectivity index (χ2n) is 3.29. The zero-order valence-corrected chi connectivity index (χ0v) is 9.00. The minimum atomic E-state index is -0.263. The fraction of sp³-hybridized carbons (Fsp3) is 0.250. The SMILES string of the molecule is C=CCNC(=O)CNCc1ccccc1F. The molecule has 1 aromatic rings. The summed E-state index contributed by atoms with van der Waals surface area (Å²) >= 11 is 0. The highest BCUT2D eigenvalue weighted by molar-refractivity contribution is 5.78. The molecule has 0 heterocycles. The van der Waals surface area contributed by atoms with Gasteiger partial charge in [-0.15, -0.1) is 6.58 Å². The lowest BCUT2D eigenvalue weighted by atomic mass is 10.2. The van der Waals surface area contributed by atoms with E-state index in [9.17, 15) is 9.18 Å². The summed E-state index contributed by atoms with van der Waals surface area (Å²) in [7, 11) is 0. The molecule has 0 spiro atoms. The average molecular weight is 222 g/mol. The van der Waals surface area contributed by atoms with E-state index >= 15 is 0 Å². The Balaban J connectivity index is 2.28. The Morgan fingerprint density at radius 1 is 1.44 bits per heavy atom. The maximum atomic E-state index is 13.2. The molecule has 2 N–H and O–H groups in total. The van der Waals surface area contributed by atoms with E-state index in [1.165, 1.54) is 6.07 Å². The van der Waals surface area contributed by atoms with Crippen molar-refractivity contribution in [3.8, 4) is 0 Å². The average Bonchev–Trinajstić information content (AvgIpc) is 2.29. The Morgan fingerprint density at radius 2 is 2.19 bits per heavy atom. The largest absolute Gasteiger partial charge is 0.352 e. The van der Waals surface area contributed by atoms with Crippen LogP contribution in [0.1, 0.15) is 5.56 Å². The third kappa shape index (κ3) is 4.23. The van der Waals surface area contributed by atoms with Crippen LogP contribution in [-0.2, 0) is 11.3 Å². The van der Waals surface area contributed by atoms with Gasteiger partial charge in [0, 0.05) is 18.7 Å². The van der Waals surface area contributed by atoms with Gasteiger partial charge in [0.25, 0.3) is 0 Å². The molecular formula is C12H15FN2O. The lowest BCUT2D eigenvalue weighted by molar-refractivity contribution is -0.120. The van der Waals surface area contributed by atoms with Crippen molar-refractivity contribution < 1.29 is 9.18 Å². The summed E-state index contributed by atoms with van der Waals surface area (Å²) in [6.45, 7) is 4.44. The normalized spacial score (nSPS) is 9.81. The molecule has 0 atom stereocenters. The Bertz CT molecular complexity index is 366. The minimum Gasteiger partial charge on any atom is -0.352 e. The third-order valence-electron chi connectivity index (χ3n) is 2.00. The number of amides is 1. The number of rotatable bonds is 6. The van der Waals surface area contributed by atoms with Crippen molar-refractivity contribution in [3.63, 3.8) is 0 Å². The van der Waals surface area contributed by atoms with Gasteiger partial charge < -0.3 is 10.6 Å². The monoisotopic (exact) mass is 222 g/mol. The molecule has 0 radical (unpaired) electrons. The predicted molar refractivity (Wildman–Crippen MR) is 61.3 cm³/mol. The van der Waals surface area contributed by atoms with E-state index in [4.69, 9.17) is 0 Å². The lowest BCUT2D eigenvalue weighted by Crippen LogP contribution is -2.33. The minimum absolute atomic E-state index is 0.128. The van der Waals surface area contributed by atoms with Crippen LogP contribution in [0.5, 0.6) is 0 Å². The molecule has 0 saturated heterocycles. The van der Waals surface area contributed by atoms with Crippen LogP contribution in [-0.4, -0.2) is 19.0 Å². The maximum Gasteiger partial charge on any atom is 0.234 e. The van der Waals surface area contributed by atoms with Crippen LogP contribution in [0, 0.1) is 5.82 Å². The van der Waals surface area contributed by atoms with Gasteiger partial charge in [-0.05, 0) is 6.07 Å². The Kier molecular flexibility index (Phi) is 5.22. The molecule has 4 heteroatoms. The van der Waals surface area contributed by atoms with Crippen molar-refractivity contribution in [1.82, 2.24) is 10.6 Å². The molecule has 0 aromatic heterocycles. The summed E-state index contributed by atoms with van der Waals surface area (Å²) in [6.07, 6.45) is 1.61. The molecule has 0 fully saturated rings. The summed E-state index contributed by atoms with van der Waals surface area (Å²) in [4.78, 5) is 11.2. The number of nitrogens with one attached hydrogen (secondary N) is 2. The molecule has 0 bridgehead atoms. The zero-order valence-electron chi connectivity index (χ0n) is 9.00. The second-order valence-corrected chi connectivity index (χ2v) is 3.29. The molecule has 1 aromatic carbocycles. The summed E-state index contributed by atoms with van der Waals surface area (Å²) in [5.41, 5.74) is 0.555. The first kappa shape index (κ1) is 12.4. The van der Waals surface area contributed by atoms with E-state index in [2.05, 4.69) is 17.2 Å². The van der Waals surface area contributed by atoms with Gasteiger partial charge in [-0.3, -0.25) is 4.79 Å². The predicted octanol–water partition coefficient (Wildman–Crippen LogP) is 1.22. The summed E-state index contributed by atoms with van der Waals surface area (Å²) < 4.78 is 13.2. The van der Waals surface area contributed by atoms with E-state index in [0.717, 1.165) is 0 Å². The highest BCUT2D eigenvalue weighted by atomic mass is 19.1. The Hall–Kier alpha value is -1.68. The molecule has 16 heavy (non-hydrogen) atoms. The van der Waals surface area contributed by atoms with Crippen LogP contribution in [0.2, 0.25) is 0 Å². The van der Waals surface area contributed by atoms with Crippen molar-refractivity contribution in [2.24, 2.45) is 0 Å². The molecule has 1 rings (SSSR count). The maximum absolute atomic E-state index is 13.2. The van der Waals surface area contributed by atoms with E-state index < -0.39 is 0 Å². The van der Waals surface area contributed by atoms with Gasteiger partial charge in [-0.2, -0.15) is 0 Å². The molecule has 1 amide bonds. The smallest absolute Gasteiger partial charge is 0.234 e.